The lowest BCUT2D eigenvalue weighted by atomic mass is 9.77. The number of aromatic carboxylic acids is 1. The van der Waals surface area contributed by atoms with Crippen LogP contribution in [0.25, 0.3) is 11.1 Å². The molecule has 1 aliphatic rings. The zero-order valence-corrected chi connectivity index (χ0v) is 14.3. The van der Waals surface area contributed by atoms with E-state index in [-0.39, 0.29) is 16.7 Å². The summed E-state index contributed by atoms with van der Waals surface area (Å²) in [7, 11) is 0. The second kappa shape index (κ2) is 7.34. The summed E-state index contributed by atoms with van der Waals surface area (Å²) in [6.45, 7) is 2.21. The summed E-state index contributed by atoms with van der Waals surface area (Å²) in [4.78, 5) is 11.3. The van der Waals surface area contributed by atoms with E-state index in [1.54, 1.807) is 6.07 Å². The Bertz CT molecular complexity index is 777. The van der Waals surface area contributed by atoms with Gasteiger partial charge in [0.25, 0.3) is 0 Å². The Morgan fingerprint density at radius 2 is 1.76 bits per heavy atom. The summed E-state index contributed by atoms with van der Waals surface area (Å²) in [6.07, 6.45) is 5.63. The molecule has 1 N–H and O–H groups in total. The van der Waals surface area contributed by atoms with Gasteiger partial charge < -0.3 is 5.11 Å². The van der Waals surface area contributed by atoms with Crippen LogP contribution in [-0.4, -0.2) is 11.1 Å². The molecule has 1 saturated carbocycles. The van der Waals surface area contributed by atoms with E-state index in [9.17, 15) is 18.7 Å². The number of hydrogen-bond donors (Lipinski definition) is 1. The van der Waals surface area contributed by atoms with Crippen LogP contribution in [0.3, 0.4) is 0 Å². The fraction of sp³-hybridized carbons (Fsp3) is 0.381. The molecule has 0 aromatic heterocycles. The number of benzene rings is 2. The molecule has 0 heterocycles. The molecule has 0 aliphatic heterocycles. The molecule has 2 nitrogen and oxygen atoms in total. The molecular formula is C21H22F2O2. The van der Waals surface area contributed by atoms with Gasteiger partial charge in [-0.15, -0.1) is 0 Å². The SMILES string of the molecule is CC[C@H]1CC[C@H](c2ccc(-c3cc(F)ccc3C(=O)O)c(F)c2)CC1. The van der Waals surface area contributed by atoms with Gasteiger partial charge in [0.05, 0.1) is 5.56 Å². The Kier molecular flexibility index (Phi) is 5.16. The van der Waals surface area contributed by atoms with Crippen LogP contribution < -0.4 is 0 Å². The third-order valence-corrected chi connectivity index (χ3v) is 5.39. The van der Waals surface area contributed by atoms with Gasteiger partial charge in [-0.1, -0.05) is 25.5 Å². The van der Waals surface area contributed by atoms with Crippen molar-refractivity contribution in [2.45, 2.75) is 44.9 Å². The molecular weight excluding hydrogens is 322 g/mol. The zero-order valence-electron chi connectivity index (χ0n) is 14.3. The van der Waals surface area contributed by atoms with E-state index in [0.29, 0.717) is 5.92 Å². The van der Waals surface area contributed by atoms with Crippen molar-refractivity contribution in [3.8, 4) is 11.1 Å². The van der Waals surface area contributed by atoms with Crippen LogP contribution in [0.15, 0.2) is 36.4 Å². The van der Waals surface area contributed by atoms with Gasteiger partial charge in [-0.25, -0.2) is 13.6 Å². The summed E-state index contributed by atoms with van der Waals surface area (Å²) in [5.41, 5.74) is 1.05. The lowest BCUT2D eigenvalue weighted by Gasteiger charge is -2.28. The summed E-state index contributed by atoms with van der Waals surface area (Å²) in [5, 5.41) is 9.27. The molecule has 0 atom stereocenters. The first-order valence-electron chi connectivity index (χ1n) is 8.82. The van der Waals surface area contributed by atoms with Crippen molar-refractivity contribution in [3.63, 3.8) is 0 Å². The smallest absolute Gasteiger partial charge is 0.336 e. The third-order valence-electron chi connectivity index (χ3n) is 5.39. The highest BCUT2D eigenvalue weighted by Gasteiger charge is 2.23. The molecule has 0 saturated heterocycles. The second-order valence-electron chi connectivity index (χ2n) is 6.86. The fourth-order valence-electron chi connectivity index (χ4n) is 3.83. The number of rotatable bonds is 4. The summed E-state index contributed by atoms with van der Waals surface area (Å²) >= 11 is 0. The highest BCUT2D eigenvalue weighted by molar-refractivity contribution is 5.96. The largest absolute Gasteiger partial charge is 0.478 e. The first kappa shape index (κ1) is 17.6. The van der Waals surface area contributed by atoms with Crippen LogP contribution in [0.5, 0.6) is 0 Å². The summed E-state index contributed by atoms with van der Waals surface area (Å²) < 4.78 is 28.2. The van der Waals surface area contributed by atoms with Gasteiger partial charge in [0, 0.05) is 11.1 Å². The average molecular weight is 344 g/mol. The molecule has 0 unspecified atom stereocenters. The van der Waals surface area contributed by atoms with Crippen LogP contribution in [-0.2, 0) is 0 Å². The molecule has 0 radical (unpaired) electrons. The van der Waals surface area contributed by atoms with Crippen molar-refractivity contribution < 1.29 is 18.7 Å². The normalized spacial score (nSPS) is 20.4. The van der Waals surface area contributed by atoms with Crippen LogP contribution in [0.2, 0.25) is 0 Å². The molecule has 0 amide bonds. The number of carbonyl (C=O) groups is 1. The average Bonchev–Trinajstić information content (AvgIpc) is 2.61. The Labute approximate surface area is 146 Å². The molecule has 3 rings (SSSR count). The Morgan fingerprint density at radius 3 is 2.36 bits per heavy atom. The van der Waals surface area contributed by atoms with E-state index in [1.165, 1.54) is 18.6 Å². The highest BCUT2D eigenvalue weighted by Crippen LogP contribution is 2.38. The Morgan fingerprint density at radius 1 is 1.04 bits per heavy atom. The molecule has 0 spiro atoms. The maximum atomic E-state index is 14.7. The van der Waals surface area contributed by atoms with E-state index < -0.39 is 17.6 Å². The lowest BCUT2D eigenvalue weighted by Crippen LogP contribution is -2.12. The monoisotopic (exact) mass is 344 g/mol. The van der Waals surface area contributed by atoms with Gasteiger partial charge in [0.15, 0.2) is 0 Å². The van der Waals surface area contributed by atoms with E-state index in [1.807, 2.05) is 6.07 Å². The zero-order chi connectivity index (χ0) is 18.0. The van der Waals surface area contributed by atoms with E-state index in [0.717, 1.165) is 49.3 Å². The topological polar surface area (TPSA) is 37.3 Å². The van der Waals surface area contributed by atoms with Crippen molar-refractivity contribution in [2.75, 3.05) is 0 Å². The second-order valence-corrected chi connectivity index (χ2v) is 6.86. The van der Waals surface area contributed by atoms with Crippen LogP contribution in [0, 0.1) is 17.6 Å². The Hall–Kier alpha value is -2.23. The van der Waals surface area contributed by atoms with Crippen molar-refractivity contribution in [3.05, 3.63) is 59.2 Å². The van der Waals surface area contributed by atoms with Gasteiger partial charge >= 0.3 is 5.97 Å². The van der Waals surface area contributed by atoms with Crippen molar-refractivity contribution in [2.24, 2.45) is 5.92 Å². The lowest BCUT2D eigenvalue weighted by molar-refractivity contribution is 0.0697. The maximum absolute atomic E-state index is 14.7. The number of carboxylic acid groups (broad SMARTS) is 1. The Balaban J connectivity index is 1.91. The van der Waals surface area contributed by atoms with Gasteiger partial charge in [-0.05, 0) is 67.3 Å². The minimum atomic E-state index is -1.20. The van der Waals surface area contributed by atoms with Gasteiger partial charge in [0.1, 0.15) is 11.6 Å². The first-order valence-corrected chi connectivity index (χ1v) is 8.82. The molecule has 1 fully saturated rings. The van der Waals surface area contributed by atoms with Crippen LogP contribution in [0.1, 0.15) is 60.9 Å². The minimum absolute atomic E-state index is 0.0752. The van der Waals surface area contributed by atoms with E-state index in [2.05, 4.69) is 6.92 Å². The van der Waals surface area contributed by atoms with E-state index in [4.69, 9.17) is 0 Å². The third kappa shape index (κ3) is 3.73. The first-order chi connectivity index (χ1) is 12.0. The standard InChI is InChI=1S/C21H22F2O2/c1-2-13-3-5-14(6-4-13)15-7-9-17(20(23)11-15)19-12-16(22)8-10-18(19)21(24)25/h7-14H,2-6H2,1H3,(H,24,25)/t13-,14-. The molecule has 0 bridgehead atoms. The predicted octanol–water partition coefficient (Wildman–Crippen LogP) is 6.01. The number of carboxylic acids is 1. The van der Waals surface area contributed by atoms with Crippen molar-refractivity contribution >= 4 is 5.97 Å². The highest BCUT2D eigenvalue weighted by atomic mass is 19.1. The summed E-state index contributed by atoms with van der Waals surface area (Å²) in [5.74, 6) is -1.16. The minimum Gasteiger partial charge on any atom is -0.478 e. The van der Waals surface area contributed by atoms with Gasteiger partial charge in [-0.2, -0.15) is 0 Å². The molecule has 132 valence electrons. The van der Waals surface area contributed by atoms with Gasteiger partial charge in [0.2, 0.25) is 0 Å². The van der Waals surface area contributed by atoms with E-state index >= 15 is 0 Å². The molecule has 2 aromatic carbocycles. The molecule has 1 aliphatic carbocycles. The number of hydrogen-bond acceptors (Lipinski definition) is 1. The fourth-order valence-corrected chi connectivity index (χ4v) is 3.83. The molecule has 2 aromatic rings. The quantitative estimate of drug-likeness (QED) is 0.737. The van der Waals surface area contributed by atoms with Gasteiger partial charge in [-0.3, -0.25) is 0 Å². The molecule has 25 heavy (non-hydrogen) atoms. The predicted molar refractivity (Wildman–Crippen MR) is 93.7 cm³/mol. The van der Waals surface area contributed by atoms with Crippen molar-refractivity contribution in [1.82, 2.24) is 0 Å². The number of halogens is 2. The molecule has 4 heteroatoms. The van der Waals surface area contributed by atoms with Crippen LogP contribution in [0.4, 0.5) is 8.78 Å². The van der Waals surface area contributed by atoms with Crippen LogP contribution >= 0.6 is 0 Å². The van der Waals surface area contributed by atoms with Crippen molar-refractivity contribution in [1.29, 1.82) is 0 Å². The maximum Gasteiger partial charge on any atom is 0.336 e. The summed E-state index contributed by atoms with van der Waals surface area (Å²) in [6, 6.07) is 8.25.